The van der Waals surface area contributed by atoms with Gasteiger partial charge in [-0.25, -0.2) is 0 Å². The van der Waals surface area contributed by atoms with Crippen LogP contribution < -0.4 is 0 Å². The number of carboxylic acid groups (broad SMARTS) is 1. The highest BCUT2D eigenvalue weighted by Gasteiger charge is 2.36. The quantitative estimate of drug-likeness (QED) is 0.883. The summed E-state index contributed by atoms with van der Waals surface area (Å²) in [7, 11) is 0. The van der Waals surface area contributed by atoms with Crippen LogP contribution in [0.15, 0.2) is 24.5 Å². The van der Waals surface area contributed by atoms with Crippen LogP contribution in [0.2, 0.25) is 0 Å². The lowest BCUT2D eigenvalue weighted by Gasteiger charge is -2.39. The predicted octanol–water partition coefficient (Wildman–Crippen LogP) is 1.50. The Balaban J connectivity index is 1.66. The molecule has 0 radical (unpaired) electrons. The fraction of sp³-hybridized carbons (Fsp3) is 0.579. The molecule has 7 nitrogen and oxygen atoms in total. The van der Waals surface area contributed by atoms with E-state index in [2.05, 4.69) is 4.98 Å². The Labute approximate surface area is 153 Å². The third-order valence-corrected chi connectivity index (χ3v) is 5.31. The van der Waals surface area contributed by atoms with Crippen LogP contribution in [-0.2, 0) is 9.59 Å². The molecule has 0 aliphatic carbocycles. The van der Waals surface area contributed by atoms with Gasteiger partial charge in [-0.3, -0.25) is 19.4 Å². The number of rotatable bonds is 3. The van der Waals surface area contributed by atoms with Gasteiger partial charge < -0.3 is 14.9 Å². The molecule has 2 saturated heterocycles. The molecule has 140 valence electrons. The third kappa shape index (κ3) is 4.03. The molecule has 7 heteroatoms. The number of carboxylic acids is 1. The number of aromatic nitrogens is 1. The van der Waals surface area contributed by atoms with Gasteiger partial charge in [0, 0.05) is 44.1 Å². The van der Waals surface area contributed by atoms with Crippen molar-refractivity contribution in [3.63, 3.8) is 0 Å². The van der Waals surface area contributed by atoms with Crippen LogP contribution in [0.3, 0.4) is 0 Å². The molecule has 2 amide bonds. The lowest BCUT2D eigenvalue weighted by Crippen LogP contribution is -2.51. The number of carbonyl (C=O) groups excluding carboxylic acids is 2. The third-order valence-electron chi connectivity index (χ3n) is 5.31. The van der Waals surface area contributed by atoms with Crippen LogP contribution in [0.25, 0.3) is 0 Å². The molecule has 0 spiro atoms. The second-order valence-corrected chi connectivity index (χ2v) is 7.45. The van der Waals surface area contributed by atoms with Crippen molar-refractivity contribution in [2.75, 3.05) is 26.2 Å². The maximum atomic E-state index is 13.0. The maximum absolute atomic E-state index is 13.0. The summed E-state index contributed by atoms with van der Waals surface area (Å²) in [6.07, 6.45) is 5.29. The Morgan fingerprint density at radius 2 is 1.77 bits per heavy atom. The summed E-state index contributed by atoms with van der Waals surface area (Å²) in [5, 5.41) is 9.31. The standard InChI is InChI=1S/C19H25N3O4/c1-13-9-16(19(25)26)12-22(10-13)18(24)15-3-2-8-21(11-15)17(23)14-4-6-20-7-5-14/h4-7,13,15-16H,2-3,8-12H2,1H3,(H,25,26). The fourth-order valence-electron chi connectivity index (χ4n) is 4.01. The van der Waals surface area contributed by atoms with E-state index >= 15 is 0 Å². The molecule has 3 atom stereocenters. The number of piperidine rings is 2. The van der Waals surface area contributed by atoms with E-state index in [4.69, 9.17) is 0 Å². The van der Waals surface area contributed by atoms with E-state index in [1.165, 1.54) is 0 Å². The van der Waals surface area contributed by atoms with E-state index in [1.807, 2.05) is 6.92 Å². The van der Waals surface area contributed by atoms with Crippen molar-refractivity contribution >= 4 is 17.8 Å². The molecule has 1 N–H and O–H groups in total. The number of hydrogen-bond donors (Lipinski definition) is 1. The number of pyridine rings is 1. The Hall–Kier alpha value is -2.44. The minimum atomic E-state index is -0.840. The number of carbonyl (C=O) groups is 3. The predicted molar refractivity (Wildman–Crippen MR) is 94.4 cm³/mol. The average Bonchev–Trinajstić information content (AvgIpc) is 2.67. The Kier molecular flexibility index (Phi) is 5.54. The molecule has 3 heterocycles. The number of nitrogens with zero attached hydrogens (tertiary/aromatic N) is 3. The molecule has 3 unspecified atom stereocenters. The van der Waals surface area contributed by atoms with Crippen LogP contribution in [0.5, 0.6) is 0 Å². The van der Waals surface area contributed by atoms with Gasteiger partial charge in [0.15, 0.2) is 0 Å². The monoisotopic (exact) mass is 359 g/mol. The zero-order valence-electron chi connectivity index (χ0n) is 15.0. The van der Waals surface area contributed by atoms with Gasteiger partial charge >= 0.3 is 5.97 Å². The molecule has 0 aromatic carbocycles. The first kappa shape index (κ1) is 18.4. The van der Waals surface area contributed by atoms with Gasteiger partial charge in [-0.05, 0) is 37.3 Å². The van der Waals surface area contributed by atoms with Gasteiger partial charge in [-0.2, -0.15) is 0 Å². The van der Waals surface area contributed by atoms with E-state index in [9.17, 15) is 19.5 Å². The molecule has 0 saturated carbocycles. The van der Waals surface area contributed by atoms with E-state index in [0.29, 0.717) is 31.6 Å². The Morgan fingerprint density at radius 1 is 1.08 bits per heavy atom. The molecular formula is C19H25N3O4. The second-order valence-electron chi connectivity index (χ2n) is 7.45. The minimum Gasteiger partial charge on any atom is -0.481 e. The van der Waals surface area contributed by atoms with E-state index in [-0.39, 0.29) is 30.2 Å². The van der Waals surface area contributed by atoms with Crippen molar-refractivity contribution in [2.24, 2.45) is 17.8 Å². The highest BCUT2D eigenvalue weighted by molar-refractivity contribution is 5.94. The van der Waals surface area contributed by atoms with Gasteiger partial charge in [0.2, 0.25) is 5.91 Å². The normalized spacial score (nSPS) is 26.4. The van der Waals surface area contributed by atoms with Crippen LogP contribution in [-0.4, -0.2) is 63.9 Å². The van der Waals surface area contributed by atoms with Crippen molar-refractivity contribution in [1.29, 1.82) is 0 Å². The lowest BCUT2D eigenvalue weighted by atomic mass is 9.88. The van der Waals surface area contributed by atoms with Crippen LogP contribution >= 0.6 is 0 Å². The highest BCUT2D eigenvalue weighted by atomic mass is 16.4. The van der Waals surface area contributed by atoms with Crippen molar-refractivity contribution < 1.29 is 19.5 Å². The summed E-state index contributed by atoms with van der Waals surface area (Å²) in [4.78, 5) is 44.3. The summed E-state index contributed by atoms with van der Waals surface area (Å²) >= 11 is 0. The van der Waals surface area contributed by atoms with Gasteiger partial charge in [-0.1, -0.05) is 6.92 Å². The Bertz CT molecular complexity index is 679. The summed E-state index contributed by atoms with van der Waals surface area (Å²) < 4.78 is 0. The first-order chi connectivity index (χ1) is 12.5. The smallest absolute Gasteiger partial charge is 0.308 e. The molecule has 2 aliphatic rings. The van der Waals surface area contributed by atoms with Gasteiger partial charge in [-0.15, -0.1) is 0 Å². The van der Waals surface area contributed by atoms with Crippen LogP contribution in [0.4, 0.5) is 0 Å². The van der Waals surface area contributed by atoms with Crippen molar-refractivity contribution in [1.82, 2.24) is 14.8 Å². The van der Waals surface area contributed by atoms with Crippen molar-refractivity contribution in [3.8, 4) is 0 Å². The molecular weight excluding hydrogens is 334 g/mol. The lowest BCUT2D eigenvalue weighted by molar-refractivity contribution is -0.148. The number of hydrogen-bond acceptors (Lipinski definition) is 4. The Morgan fingerprint density at radius 3 is 2.46 bits per heavy atom. The molecule has 1 aromatic rings. The van der Waals surface area contributed by atoms with Crippen molar-refractivity contribution in [3.05, 3.63) is 30.1 Å². The molecule has 2 fully saturated rings. The summed E-state index contributed by atoms with van der Waals surface area (Å²) in [5.41, 5.74) is 0.575. The average molecular weight is 359 g/mol. The maximum Gasteiger partial charge on any atom is 0.308 e. The number of amides is 2. The number of likely N-dealkylation sites (tertiary alicyclic amines) is 2. The summed E-state index contributed by atoms with van der Waals surface area (Å²) in [6.45, 7) is 3.88. The first-order valence-corrected chi connectivity index (χ1v) is 9.16. The van der Waals surface area contributed by atoms with Crippen LogP contribution in [0.1, 0.15) is 36.5 Å². The topological polar surface area (TPSA) is 90.8 Å². The molecule has 26 heavy (non-hydrogen) atoms. The van der Waals surface area contributed by atoms with E-state index in [0.717, 1.165) is 12.8 Å². The van der Waals surface area contributed by atoms with Gasteiger partial charge in [0.1, 0.15) is 0 Å². The van der Waals surface area contributed by atoms with E-state index in [1.54, 1.807) is 34.3 Å². The van der Waals surface area contributed by atoms with Crippen molar-refractivity contribution in [2.45, 2.75) is 26.2 Å². The highest BCUT2D eigenvalue weighted by Crippen LogP contribution is 2.26. The molecule has 2 aliphatic heterocycles. The zero-order valence-corrected chi connectivity index (χ0v) is 15.0. The minimum absolute atomic E-state index is 0.0185. The summed E-state index contributed by atoms with van der Waals surface area (Å²) in [6, 6.07) is 3.36. The SMILES string of the molecule is CC1CC(C(=O)O)CN(C(=O)C2CCCN(C(=O)c3ccncc3)C2)C1. The molecule has 0 bridgehead atoms. The van der Waals surface area contributed by atoms with Gasteiger partial charge in [0.25, 0.3) is 5.91 Å². The summed E-state index contributed by atoms with van der Waals surface area (Å²) in [5.74, 6) is -1.52. The van der Waals surface area contributed by atoms with Crippen LogP contribution in [0, 0.1) is 17.8 Å². The van der Waals surface area contributed by atoms with E-state index < -0.39 is 11.9 Å². The fourth-order valence-corrected chi connectivity index (χ4v) is 4.01. The van der Waals surface area contributed by atoms with Gasteiger partial charge in [0.05, 0.1) is 11.8 Å². The largest absolute Gasteiger partial charge is 0.481 e. The molecule has 1 aromatic heterocycles. The first-order valence-electron chi connectivity index (χ1n) is 9.16. The molecule has 3 rings (SSSR count). The second kappa shape index (κ2) is 7.85. The number of aliphatic carboxylic acids is 1. The zero-order chi connectivity index (χ0) is 18.7.